The minimum atomic E-state index is -4.59. The number of hydrogen-bond donors (Lipinski definition) is 7. The first-order chi connectivity index (χ1) is 30.5. The van der Waals surface area contributed by atoms with Crippen molar-refractivity contribution in [3.8, 4) is 5.75 Å². The number of azo groups is 1. The van der Waals surface area contributed by atoms with E-state index in [4.69, 9.17) is 26.4 Å². The van der Waals surface area contributed by atoms with Crippen molar-refractivity contribution in [1.82, 2.24) is 23.9 Å². The smallest absolute Gasteiger partial charge is 0.315 e. The van der Waals surface area contributed by atoms with Gasteiger partial charge in [-0.2, -0.15) is 18.6 Å². The summed E-state index contributed by atoms with van der Waals surface area (Å²) in [6, 6.07) is 10.4. The highest BCUT2D eigenvalue weighted by Gasteiger charge is 2.35. The van der Waals surface area contributed by atoms with Gasteiger partial charge in [-0.1, -0.05) is 6.07 Å². The number of H-pyrrole nitrogens is 1. The van der Waals surface area contributed by atoms with Crippen molar-refractivity contribution < 1.29 is 28.0 Å². The molecule has 1 aromatic heterocycles. The van der Waals surface area contributed by atoms with Crippen LogP contribution < -0.4 is 31.5 Å². The minimum absolute atomic E-state index is 0.102. The zero-order chi connectivity index (χ0) is 46.7. The molecule has 0 bridgehead atoms. The summed E-state index contributed by atoms with van der Waals surface area (Å²) < 4.78 is 33.6. The third-order valence-electron chi connectivity index (χ3n) is 11.3. The monoisotopic (exact) mass is 898 g/mol. The van der Waals surface area contributed by atoms with Crippen molar-refractivity contribution in [3.05, 3.63) is 95.0 Å². The maximum absolute atomic E-state index is 12.6. The molecule has 0 saturated carbocycles. The number of nitrogens with two attached hydrogens (primary N) is 2. The quantitative estimate of drug-likeness (QED) is 0.0258. The second kappa shape index (κ2) is 21.3. The Kier molecular flexibility index (Phi) is 16.2. The number of quaternary nitrogens is 2. The number of aliphatic hydroxyl groups is 1. The lowest BCUT2D eigenvalue weighted by Gasteiger charge is -2.37. The fourth-order valence-corrected chi connectivity index (χ4v) is 7.61. The van der Waals surface area contributed by atoms with E-state index in [-0.39, 0.29) is 17.1 Å². The van der Waals surface area contributed by atoms with E-state index < -0.39 is 32.3 Å². The van der Waals surface area contributed by atoms with Gasteiger partial charge in [-0.05, 0) is 114 Å². The number of carbonyl (C=O) groups excluding carboxylic acids is 1. The van der Waals surface area contributed by atoms with Crippen molar-refractivity contribution in [2.24, 2.45) is 42.0 Å². The number of phenols is 1. The second-order valence-corrected chi connectivity index (χ2v) is 16.6. The van der Waals surface area contributed by atoms with Gasteiger partial charge >= 0.3 is 11.9 Å². The van der Waals surface area contributed by atoms with E-state index >= 15 is 0 Å². The summed E-state index contributed by atoms with van der Waals surface area (Å²) in [5.74, 6) is -0.0389. The van der Waals surface area contributed by atoms with Gasteiger partial charge in [0.2, 0.25) is 5.78 Å². The van der Waals surface area contributed by atoms with Crippen molar-refractivity contribution >= 4 is 62.0 Å². The van der Waals surface area contributed by atoms with E-state index in [9.17, 15) is 28.0 Å². The highest BCUT2D eigenvalue weighted by molar-refractivity contribution is 7.85. The molecule has 0 aliphatic heterocycles. The molecule has 2 aliphatic carbocycles. The van der Waals surface area contributed by atoms with Crippen molar-refractivity contribution in [3.63, 3.8) is 0 Å². The normalized spacial score (nSPS) is 16.9. The minimum Gasteiger partial charge on any atom is -0.506 e. The Balaban J connectivity index is 1.41. The number of aliphatic hydroxyl groups excluding tert-OH is 1. The number of nitrogens with one attached hydrogen (secondary N) is 2. The van der Waals surface area contributed by atoms with Gasteiger partial charge < -0.3 is 21.7 Å². The van der Waals surface area contributed by atoms with Gasteiger partial charge in [0.1, 0.15) is 28.6 Å². The number of carbonyl (C=O) groups is 1. The van der Waals surface area contributed by atoms with Crippen LogP contribution in [0.25, 0.3) is 0 Å². The van der Waals surface area contributed by atoms with Crippen LogP contribution in [-0.2, 0) is 14.9 Å². The Morgan fingerprint density at radius 2 is 1.36 bits per heavy atom. The Morgan fingerprint density at radius 3 is 1.95 bits per heavy atom. The van der Waals surface area contributed by atoms with E-state index in [0.29, 0.717) is 56.0 Å². The van der Waals surface area contributed by atoms with Gasteiger partial charge in [0.15, 0.2) is 0 Å². The third kappa shape index (κ3) is 11.6. The number of aromatic nitrogens is 3. The molecule has 2 aliphatic rings. The molecule has 21 heteroatoms. The molecule has 3 aromatic rings. The molecule has 1 heterocycles. The molecular formula is C43H58N14O6S+2. The molecule has 0 fully saturated rings. The second-order valence-electron chi connectivity index (χ2n) is 15.2. The molecule has 0 unspecified atom stereocenters. The predicted octanol–water partition coefficient (Wildman–Crippen LogP) is 5.54. The van der Waals surface area contributed by atoms with Crippen LogP contribution in [0, 0.1) is 0 Å². The van der Waals surface area contributed by atoms with Gasteiger partial charge in [0.25, 0.3) is 15.7 Å². The number of phenolic OH excluding ortho intramolecular Hbond substituents is 1. The SMILES string of the molecule is CC[N+](CC)(CCCN)c1nc(=Nc2cccc(NN=C3C=C(C)C(=NN=C4C=C(N=Nc5cc(S(=O)(=O)O)ccc5O)C(=O)C=C4O)C=C3C)c2)nc([N+](CC)(CC)CCCN)[nH]1. The first kappa shape index (κ1) is 48.7. The number of benzene rings is 2. The summed E-state index contributed by atoms with van der Waals surface area (Å²) >= 11 is 0. The highest BCUT2D eigenvalue weighted by Crippen LogP contribution is 2.31. The van der Waals surface area contributed by atoms with E-state index in [1.54, 1.807) is 6.08 Å². The Hall–Kier alpha value is -6.36. The summed E-state index contributed by atoms with van der Waals surface area (Å²) in [6.45, 7) is 18.4. The standard InChI is InChI=1S/C43H56N14O6S/c1-7-56(8-2,20-12-18-44)42-47-41(48-43(49-42)57(9-3,10-4)21-13-19-45)46-30-14-11-15-31(24-30)50-51-33-22-29(6)34(23-28(33)5)52-54-36-26-37(40(60)27-39(36)59)55-53-35-25-32(64(61,62)63)16-17-38(35)58/h11,14-17,22-27H,7-10,12-13,18-21,44-45H2,1-6H3,(H3-2,46,47,48,49,50,51,52,53,54,55,58,59,60,61,62,63)/p+2. The lowest BCUT2D eigenvalue weighted by Crippen LogP contribution is -2.55. The Bertz CT molecular complexity index is 2620. The summed E-state index contributed by atoms with van der Waals surface area (Å²) in [4.78, 5) is 30.7. The van der Waals surface area contributed by atoms with Crippen LogP contribution in [0.5, 0.6) is 5.75 Å². The predicted molar refractivity (Wildman–Crippen MR) is 251 cm³/mol. The van der Waals surface area contributed by atoms with Crippen molar-refractivity contribution in [1.29, 1.82) is 0 Å². The summed E-state index contributed by atoms with van der Waals surface area (Å²) in [5.41, 5.74) is 18.6. The molecule has 0 spiro atoms. The van der Waals surface area contributed by atoms with Crippen LogP contribution in [0.3, 0.4) is 0 Å². The largest absolute Gasteiger partial charge is 0.506 e. The van der Waals surface area contributed by atoms with Crippen LogP contribution in [0.4, 0.5) is 29.0 Å². The topological polar surface area (TPSA) is 292 Å². The number of hydrazone groups is 1. The van der Waals surface area contributed by atoms with Crippen LogP contribution in [0.1, 0.15) is 54.4 Å². The number of hydrogen-bond acceptors (Lipinski definition) is 16. The number of ketones is 1. The van der Waals surface area contributed by atoms with Crippen LogP contribution in [0.15, 0.2) is 125 Å². The first-order valence-electron chi connectivity index (χ1n) is 21.1. The number of nitrogens with zero attached hydrogens (tertiary/aromatic N) is 10. The zero-order valence-corrected chi connectivity index (χ0v) is 37.8. The lowest BCUT2D eigenvalue weighted by atomic mass is 9.98. The summed E-state index contributed by atoms with van der Waals surface area (Å²) in [6.07, 6.45) is 7.30. The van der Waals surface area contributed by atoms with Crippen molar-refractivity contribution in [2.45, 2.75) is 59.3 Å². The van der Waals surface area contributed by atoms with E-state index in [1.165, 1.54) is 0 Å². The highest BCUT2D eigenvalue weighted by atomic mass is 32.2. The van der Waals surface area contributed by atoms with E-state index in [1.807, 2.05) is 44.2 Å². The fourth-order valence-electron chi connectivity index (χ4n) is 7.11. The molecule has 2 aromatic carbocycles. The summed E-state index contributed by atoms with van der Waals surface area (Å²) in [5, 5.41) is 41.2. The van der Waals surface area contributed by atoms with Crippen LogP contribution in [-0.4, -0.2) is 113 Å². The average Bonchev–Trinajstić information content (AvgIpc) is 3.27. The van der Waals surface area contributed by atoms with Gasteiger partial charge in [-0.3, -0.25) is 23.7 Å². The molecule has 5 rings (SSSR count). The Morgan fingerprint density at radius 1 is 0.766 bits per heavy atom. The summed E-state index contributed by atoms with van der Waals surface area (Å²) in [7, 11) is -4.59. The molecule has 0 atom stereocenters. The van der Waals surface area contributed by atoms with E-state index in [2.05, 4.69) is 63.6 Å². The number of anilines is 1. The maximum atomic E-state index is 12.6. The van der Waals surface area contributed by atoms with Crippen LogP contribution >= 0.6 is 0 Å². The number of aromatic hydroxyl groups is 1. The molecule has 0 radical (unpaired) electrons. The first-order valence-corrected chi connectivity index (χ1v) is 22.5. The molecular weight excluding hydrogens is 841 g/mol. The third-order valence-corrected chi connectivity index (χ3v) is 12.1. The molecule has 9 N–H and O–H groups in total. The zero-order valence-electron chi connectivity index (χ0n) is 37.0. The van der Waals surface area contributed by atoms with Gasteiger partial charge in [-0.25, -0.2) is 9.98 Å². The molecule has 0 amide bonds. The maximum Gasteiger partial charge on any atom is 0.315 e. The lowest BCUT2D eigenvalue weighted by molar-refractivity contribution is -0.111. The van der Waals surface area contributed by atoms with Gasteiger partial charge in [0.05, 0.1) is 67.0 Å². The average molecular weight is 899 g/mol. The van der Waals surface area contributed by atoms with Crippen molar-refractivity contribution in [2.75, 3.05) is 57.8 Å². The Labute approximate surface area is 372 Å². The number of rotatable bonds is 19. The number of allylic oxidation sites excluding steroid dienone is 6. The number of aromatic amines is 1. The molecule has 340 valence electrons. The molecule has 64 heavy (non-hydrogen) atoms. The fraction of sp³-hybridized carbons (Fsp3) is 0.372. The van der Waals surface area contributed by atoms with Gasteiger partial charge in [-0.15, -0.1) is 25.3 Å². The van der Waals surface area contributed by atoms with E-state index in [0.717, 1.165) is 99.9 Å². The molecule has 0 saturated heterocycles. The van der Waals surface area contributed by atoms with Crippen LogP contribution in [0.2, 0.25) is 0 Å². The van der Waals surface area contributed by atoms with Gasteiger partial charge in [0, 0.05) is 25.0 Å². The molecule has 20 nitrogen and oxygen atoms in total.